The zero-order valence-corrected chi connectivity index (χ0v) is 12.9. The van der Waals surface area contributed by atoms with Crippen LogP contribution in [0.25, 0.3) is 0 Å². The number of hydrogen-bond donors (Lipinski definition) is 2. The summed E-state index contributed by atoms with van der Waals surface area (Å²) < 4.78 is 17.7. The van der Waals surface area contributed by atoms with E-state index in [-0.39, 0.29) is 17.4 Å². The van der Waals surface area contributed by atoms with Gasteiger partial charge in [-0.05, 0) is 36.8 Å². The molecule has 0 unspecified atom stereocenters. The van der Waals surface area contributed by atoms with Crippen LogP contribution >= 0.6 is 0 Å². The molecule has 0 aliphatic carbocycles. The molecule has 6 nitrogen and oxygen atoms in total. The third-order valence-corrected chi connectivity index (χ3v) is 3.28. The highest BCUT2D eigenvalue weighted by Crippen LogP contribution is 2.12. The SMILES string of the molecule is Cc1cc(NC(=O)c2ccc(NCc3ccc(F)cc3)cn2)no1. The first-order valence-corrected chi connectivity index (χ1v) is 7.29. The van der Waals surface area contributed by atoms with Crippen LogP contribution in [0.15, 0.2) is 53.2 Å². The molecular formula is C17H15FN4O2. The van der Waals surface area contributed by atoms with Crippen LogP contribution in [0, 0.1) is 12.7 Å². The second-order valence-corrected chi connectivity index (χ2v) is 5.19. The minimum Gasteiger partial charge on any atom is -0.380 e. The Morgan fingerprint density at radius 3 is 2.62 bits per heavy atom. The molecule has 0 bridgehead atoms. The Labute approximate surface area is 137 Å². The zero-order valence-electron chi connectivity index (χ0n) is 12.9. The molecule has 1 amide bonds. The normalized spacial score (nSPS) is 10.4. The van der Waals surface area contributed by atoms with Gasteiger partial charge < -0.3 is 15.2 Å². The van der Waals surface area contributed by atoms with Gasteiger partial charge in [0.05, 0.1) is 11.9 Å². The van der Waals surface area contributed by atoms with Gasteiger partial charge in [0.15, 0.2) is 5.82 Å². The van der Waals surface area contributed by atoms with Crippen LogP contribution in [-0.4, -0.2) is 16.0 Å². The molecule has 0 saturated heterocycles. The minimum absolute atomic E-state index is 0.266. The fourth-order valence-corrected chi connectivity index (χ4v) is 2.04. The van der Waals surface area contributed by atoms with Crippen molar-refractivity contribution in [1.82, 2.24) is 10.1 Å². The number of rotatable bonds is 5. The molecule has 0 spiro atoms. The number of carbonyl (C=O) groups is 1. The van der Waals surface area contributed by atoms with E-state index in [0.29, 0.717) is 18.1 Å². The molecule has 2 N–H and O–H groups in total. The van der Waals surface area contributed by atoms with Crippen molar-refractivity contribution in [3.63, 3.8) is 0 Å². The fraction of sp³-hybridized carbons (Fsp3) is 0.118. The molecule has 0 radical (unpaired) electrons. The van der Waals surface area contributed by atoms with Crippen molar-refractivity contribution in [2.75, 3.05) is 10.6 Å². The quantitative estimate of drug-likeness (QED) is 0.751. The lowest BCUT2D eigenvalue weighted by molar-refractivity contribution is 0.102. The number of benzene rings is 1. The minimum atomic E-state index is -0.367. The maximum atomic E-state index is 12.8. The van der Waals surface area contributed by atoms with Crippen LogP contribution in [-0.2, 0) is 6.54 Å². The van der Waals surface area contributed by atoms with E-state index >= 15 is 0 Å². The van der Waals surface area contributed by atoms with E-state index in [1.54, 1.807) is 43.5 Å². The average Bonchev–Trinajstić information content (AvgIpc) is 2.99. The topological polar surface area (TPSA) is 80.0 Å². The summed E-state index contributed by atoms with van der Waals surface area (Å²) in [5.41, 5.74) is 1.97. The molecular weight excluding hydrogens is 311 g/mol. The summed E-state index contributed by atoms with van der Waals surface area (Å²) in [5, 5.41) is 9.45. The molecule has 0 fully saturated rings. The largest absolute Gasteiger partial charge is 0.380 e. The summed E-state index contributed by atoms with van der Waals surface area (Å²) in [6.07, 6.45) is 1.56. The molecule has 3 rings (SSSR count). The van der Waals surface area contributed by atoms with Crippen molar-refractivity contribution in [1.29, 1.82) is 0 Å². The van der Waals surface area contributed by atoms with Gasteiger partial charge in [-0.1, -0.05) is 17.3 Å². The van der Waals surface area contributed by atoms with Crippen LogP contribution in [0.4, 0.5) is 15.9 Å². The number of pyridine rings is 1. The van der Waals surface area contributed by atoms with Gasteiger partial charge in [-0.2, -0.15) is 0 Å². The third kappa shape index (κ3) is 3.95. The summed E-state index contributed by atoms with van der Waals surface area (Å²) in [6.45, 7) is 2.27. The first-order chi connectivity index (χ1) is 11.6. The van der Waals surface area contributed by atoms with Gasteiger partial charge in [0, 0.05) is 12.6 Å². The van der Waals surface area contributed by atoms with Crippen LogP contribution in [0.1, 0.15) is 21.8 Å². The Kier molecular flexibility index (Phi) is 4.51. The van der Waals surface area contributed by atoms with E-state index in [0.717, 1.165) is 11.3 Å². The van der Waals surface area contributed by atoms with Crippen molar-refractivity contribution in [3.8, 4) is 0 Å². The number of aryl methyl sites for hydroxylation is 1. The van der Waals surface area contributed by atoms with Gasteiger partial charge in [-0.3, -0.25) is 4.79 Å². The molecule has 3 aromatic rings. The lowest BCUT2D eigenvalue weighted by Gasteiger charge is -2.07. The van der Waals surface area contributed by atoms with Crippen molar-refractivity contribution in [3.05, 3.63) is 71.5 Å². The monoisotopic (exact) mass is 326 g/mol. The summed E-state index contributed by atoms with van der Waals surface area (Å²) in [4.78, 5) is 16.1. The Balaban J connectivity index is 1.58. The highest BCUT2D eigenvalue weighted by Gasteiger charge is 2.10. The summed E-state index contributed by atoms with van der Waals surface area (Å²) in [6, 6.07) is 11.2. The second kappa shape index (κ2) is 6.91. The smallest absolute Gasteiger partial charge is 0.275 e. The maximum absolute atomic E-state index is 12.8. The van der Waals surface area contributed by atoms with E-state index in [2.05, 4.69) is 20.8 Å². The molecule has 7 heteroatoms. The van der Waals surface area contributed by atoms with Crippen LogP contribution in [0.3, 0.4) is 0 Å². The van der Waals surface area contributed by atoms with E-state index in [4.69, 9.17) is 4.52 Å². The van der Waals surface area contributed by atoms with Crippen molar-refractivity contribution < 1.29 is 13.7 Å². The van der Waals surface area contributed by atoms with Gasteiger partial charge in [0.25, 0.3) is 5.91 Å². The van der Waals surface area contributed by atoms with Crippen LogP contribution in [0.2, 0.25) is 0 Å². The first kappa shape index (κ1) is 15.7. The number of aromatic nitrogens is 2. The molecule has 0 atom stereocenters. The predicted molar refractivity (Wildman–Crippen MR) is 87.2 cm³/mol. The lowest BCUT2D eigenvalue weighted by atomic mass is 10.2. The predicted octanol–water partition coefficient (Wildman–Crippen LogP) is 3.38. The molecule has 1 aromatic carbocycles. The first-order valence-electron chi connectivity index (χ1n) is 7.29. The molecule has 0 aliphatic heterocycles. The van der Waals surface area contributed by atoms with E-state index in [9.17, 15) is 9.18 Å². The van der Waals surface area contributed by atoms with E-state index in [1.165, 1.54) is 12.1 Å². The van der Waals surface area contributed by atoms with Crippen LogP contribution < -0.4 is 10.6 Å². The highest BCUT2D eigenvalue weighted by atomic mass is 19.1. The summed E-state index contributed by atoms with van der Waals surface area (Å²) in [7, 11) is 0. The van der Waals surface area contributed by atoms with Crippen molar-refractivity contribution in [2.45, 2.75) is 13.5 Å². The van der Waals surface area contributed by atoms with Gasteiger partial charge in [0.2, 0.25) is 0 Å². The number of anilines is 2. The average molecular weight is 326 g/mol. The Morgan fingerprint density at radius 2 is 2.00 bits per heavy atom. The molecule has 0 aliphatic rings. The van der Waals surface area contributed by atoms with E-state index < -0.39 is 0 Å². The third-order valence-electron chi connectivity index (χ3n) is 3.28. The molecule has 0 saturated carbocycles. The fourth-order valence-electron chi connectivity index (χ4n) is 2.04. The Morgan fingerprint density at radius 1 is 1.21 bits per heavy atom. The van der Waals surface area contributed by atoms with Gasteiger partial charge in [-0.15, -0.1) is 0 Å². The molecule has 2 heterocycles. The number of hydrogen-bond acceptors (Lipinski definition) is 5. The number of carbonyl (C=O) groups excluding carboxylic acids is 1. The zero-order chi connectivity index (χ0) is 16.9. The highest BCUT2D eigenvalue weighted by molar-refractivity contribution is 6.02. The van der Waals surface area contributed by atoms with Crippen molar-refractivity contribution in [2.24, 2.45) is 0 Å². The lowest BCUT2D eigenvalue weighted by Crippen LogP contribution is -2.14. The van der Waals surface area contributed by atoms with E-state index in [1.807, 2.05) is 0 Å². The number of nitrogens with one attached hydrogen (secondary N) is 2. The van der Waals surface area contributed by atoms with Gasteiger partial charge in [-0.25, -0.2) is 9.37 Å². The molecule has 24 heavy (non-hydrogen) atoms. The van der Waals surface area contributed by atoms with Crippen molar-refractivity contribution >= 4 is 17.4 Å². The number of nitrogens with zero attached hydrogens (tertiary/aromatic N) is 2. The summed E-state index contributed by atoms with van der Waals surface area (Å²) in [5.74, 6) is 0.322. The molecule has 122 valence electrons. The number of amides is 1. The number of halogens is 1. The Bertz CT molecular complexity index is 829. The maximum Gasteiger partial charge on any atom is 0.275 e. The van der Waals surface area contributed by atoms with Gasteiger partial charge in [0.1, 0.15) is 17.3 Å². The molecule has 2 aromatic heterocycles. The second-order valence-electron chi connectivity index (χ2n) is 5.19. The summed E-state index contributed by atoms with van der Waals surface area (Å²) >= 11 is 0. The van der Waals surface area contributed by atoms with Crippen LogP contribution in [0.5, 0.6) is 0 Å². The standard InChI is InChI=1S/C17H15FN4O2/c1-11-8-16(22-24-11)21-17(23)15-7-6-14(10-20-15)19-9-12-2-4-13(18)5-3-12/h2-8,10,19H,9H2,1H3,(H,21,22,23). The Hall–Kier alpha value is -3.22. The van der Waals surface area contributed by atoms with Gasteiger partial charge >= 0.3 is 0 Å².